The van der Waals surface area contributed by atoms with Crippen LogP contribution in [-0.4, -0.2) is 30.2 Å². The Morgan fingerprint density at radius 2 is 2.00 bits per heavy atom. The highest BCUT2D eigenvalue weighted by Crippen LogP contribution is 2.31. The molecule has 2 rings (SSSR count). The summed E-state index contributed by atoms with van der Waals surface area (Å²) in [6.45, 7) is -0.733. The molecule has 1 aromatic rings. The largest absolute Gasteiger partial charge is 0.401 e. The van der Waals surface area contributed by atoms with Crippen LogP contribution in [0.4, 0.5) is 17.6 Å². The first-order valence-corrected chi connectivity index (χ1v) is 6.67. The number of hydrogen-bond acceptors (Lipinski definition) is 2. The van der Waals surface area contributed by atoms with E-state index >= 15 is 0 Å². The average Bonchev–Trinajstić information content (AvgIpc) is 3.20. The summed E-state index contributed by atoms with van der Waals surface area (Å²) in [5.74, 6) is 4.86. The van der Waals surface area contributed by atoms with Crippen molar-refractivity contribution in [2.45, 2.75) is 31.6 Å². The van der Waals surface area contributed by atoms with Gasteiger partial charge in [0.15, 0.2) is 0 Å². The van der Waals surface area contributed by atoms with Crippen molar-refractivity contribution in [1.29, 1.82) is 0 Å². The highest BCUT2D eigenvalue weighted by Gasteiger charge is 2.38. The molecule has 6 heteroatoms. The molecule has 1 aliphatic rings. The predicted octanol–water partition coefficient (Wildman–Crippen LogP) is 2.66. The van der Waals surface area contributed by atoms with E-state index in [-0.39, 0.29) is 19.1 Å². The first kappa shape index (κ1) is 15.8. The lowest BCUT2D eigenvalue weighted by Crippen LogP contribution is -2.35. The minimum atomic E-state index is -4.24. The molecule has 0 bridgehead atoms. The topological polar surface area (TPSA) is 29.3 Å². The molecular formula is C15H16F4N2. The molecule has 0 aliphatic heterocycles. The molecule has 0 radical (unpaired) electrons. The highest BCUT2D eigenvalue weighted by molar-refractivity contribution is 5.42. The standard InChI is InChI=1S/C15H16F4N2/c16-13-4-3-12(11(8-13)2-1-7-20)9-21(14-5-6-14)10-15(17,18)19/h3-4,8,14H,5-7,9-10,20H2. The number of benzene rings is 1. The van der Waals surface area contributed by atoms with E-state index < -0.39 is 18.5 Å². The minimum Gasteiger partial charge on any atom is -0.320 e. The van der Waals surface area contributed by atoms with Crippen LogP contribution in [0, 0.1) is 17.7 Å². The molecule has 0 heterocycles. The SMILES string of the molecule is NCC#Cc1cc(F)ccc1CN(CC(F)(F)F)C1CC1. The van der Waals surface area contributed by atoms with E-state index in [0.29, 0.717) is 11.1 Å². The number of alkyl halides is 3. The van der Waals surface area contributed by atoms with E-state index in [9.17, 15) is 17.6 Å². The van der Waals surface area contributed by atoms with Gasteiger partial charge in [-0.25, -0.2) is 4.39 Å². The first-order valence-electron chi connectivity index (χ1n) is 6.67. The third-order valence-corrected chi connectivity index (χ3v) is 3.22. The maximum Gasteiger partial charge on any atom is 0.401 e. The van der Waals surface area contributed by atoms with Crippen LogP contribution in [0.15, 0.2) is 18.2 Å². The van der Waals surface area contributed by atoms with Gasteiger partial charge in [-0.1, -0.05) is 17.9 Å². The zero-order valence-corrected chi connectivity index (χ0v) is 11.4. The van der Waals surface area contributed by atoms with Gasteiger partial charge in [-0.2, -0.15) is 13.2 Å². The molecule has 21 heavy (non-hydrogen) atoms. The maximum atomic E-state index is 13.3. The van der Waals surface area contributed by atoms with Gasteiger partial charge >= 0.3 is 6.18 Å². The van der Waals surface area contributed by atoms with E-state index in [1.165, 1.54) is 23.1 Å². The molecule has 0 saturated heterocycles. The van der Waals surface area contributed by atoms with Crippen molar-refractivity contribution in [2.75, 3.05) is 13.1 Å². The minimum absolute atomic E-state index is 0.0491. The van der Waals surface area contributed by atoms with Gasteiger partial charge < -0.3 is 5.73 Å². The van der Waals surface area contributed by atoms with Crippen LogP contribution >= 0.6 is 0 Å². The Labute approximate surface area is 120 Å². The van der Waals surface area contributed by atoms with Gasteiger partial charge in [-0.05, 0) is 30.5 Å². The van der Waals surface area contributed by atoms with Crippen LogP contribution in [0.5, 0.6) is 0 Å². The van der Waals surface area contributed by atoms with Gasteiger partial charge in [0.2, 0.25) is 0 Å². The fourth-order valence-corrected chi connectivity index (χ4v) is 2.15. The summed E-state index contributed by atoms with van der Waals surface area (Å²) in [5, 5.41) is 0. The molecule has 0 unspecified atom stereocenters. The Morgan fingerprint density at radius 3 is 2.57 bits per heavy atom. The Bertz CT molecular complexity index is 553. The van der Waals surface area contributed by atoms with Gasteiger partial charge in [0, 0.05) is 18.2 Å². The molecule has 1 saturated carbocycles. The van der Waals surface area contributed by atoms with Crippen LogP contribution in [0.2, 0.25) is 0 Å². The van der Waals surface area contributed by atoms with E-state index in [1.807, 2.05) is 0 Å². The molecule has 0 spiro atoms. The monoisotopic (exact) mass is 300 g/mol. The maximum absolute atomic E-state index is 13.3. The van der Waals surface area contributed by atoms with Gasteiger partial charge in [-0.3, -0.25) is 4.90 Å². The third-order valence-electron chi connectivity index (χ3n) is 3.22. The molecule has 1 aliphatic carbocycles. The summed E-state index contributed by atoms with van der Waals surface area (Å²) in [7, 11) is 0. The van der Waals surface area contributed by atoms with Gasteiger partial charge in [-0.15, -0.1) is 0 Å². The van der Waals surface area contributed by atoms with Crippen LogP contribution in [-0.2, 0) is 6.54 Å². The van der Waals surface area contributed by atoms with E-state index in [2.05, 4.69) is 11.8 Å². The molecule has 0 atom stereocenters. The molecule has 2 nitrogen and oxygen atoms in total. The van der Waals surface area contributed by atoms with Crippen molar-refractivity contribution in [3.8, 4) is 11.8 Å². The molecule has 0 aromatic heterocycles. The van der Waals surface area contributed by atoms with Gasteiger partial charge in [0.05, 0.1) is 13.1 Å². The summed E-state index contributed by atoms with van der Waals surface area (Å²) >= 11 is 0. The molecule has 114 valence electrons. The Morgan fingerprint density at radius 1 is 1.29 bits per heavy atom. The Hall–Kier alpha value is -1.58. The van der Waals surface area contributed by atoms with Crippen molar-refractivity contribution < 1.29 is 17.6 Å². The zero-order valence-electron chi connectivity index (χ0n) is 11.4. The number of nitrogens with zero attached hydrogens (tertiary/aromatic N) is 1. The molecular weight excluding hydrogens is 284 g/mol. The first-order chi connectivity index (χ1) is 9.89. The second-order valence-corrected chi connectivity index (χ2v) is 5.06. The fraction of sp³-hybridized carbons (Fsp3) is 0.467. The summed E-state index contributed by atoms with van der Waals surface area (Å²) in [5.41, 5.74) is 6.27. The van der Waals surface area contributed by atoms with Crippen molar-refractivity contribution >= 4 is 0 Å². The lowest BCUT2D eigenvalue weighted by molar-refractivity contribution is -0.148. The van der Waals surface area contributed by atoms with E-state index in [4.69, 9.17) is 5.73 Å². The number of nitrogens with two attached hydrogens (primary N) is 1. The summed E-state index contributed by atoms with van der Waals surface area (Å²) in [6, 6.07) is 3.91. The average molecular weight is 300 g/mol. The molecule has 2 N–H and O–H groups in total. The normalized spacial score (nSPS) is 15.0. The van der Waals surface area contributed by atoms with Crippen molar-refractivity contribution in [2.24, 2.45) is 5.73 Å². The smallest absolute Gasteiger partial charge is 0.320 e. The lowest BCUT2D eigenvalue weighted by Gasteiger charge is -2.24. The number of hydrogen-bond donors (Lipinski definition) is 1. The summed E-state index contributed by atoms with van der Waals surface area (Å²) in [4.78, 5) is 1.38. The van der Waals surface area contributed by atoms with Crippen LogP contribution in [0.25, 0.3) is 0 Å². The van der Waals surface area contributed by atoms with Crippen LogP contribution in [0.3, 0.4) is 0 Å². The van der Waals surface area contributed by atoms with Crippen molar-refractivity contribution in [3.05, 3.63) is 35.1 Å². The lowest BCUT2D eigenvalue weighted by atomic mass is 10.1. The molecule has 0 amide bonds. The second-order valence-electron chi connectivity index (χ2n) is 5.06. The van der Waals surface area contributed by atoms with Crippen molar-refractivity contribution in [3.63, 3.8) is 0 Å². The number of rotatable bonds is 4. The second kappa shape index (κ2) is 6.46. The number of halogens is 4. The summed E-state index contributed by atoms with van der Waals surface area (Å²) < 4.78 is 51.1. The molecule has 1 fully saturated rings. The van der Waals surface area contributed by atoms with Crippen molar-refractivity contribution in [1.82, 2.24) is 4.90 Å². The summed E-state index contributed by atoms with van der Waals surface area (Å²) in [6.07, 6.45) is -2.71. The van der Waals surface area contributed by atoms with E-state index in [0.717, 1.165) is 12.8 Å². The highest BCUT2D eigenvalue weighted by atomic mass is 19.4. The third kappa shape index (κ3) is 5.03. The predicted molar refractivity (Wildman–Crippen MR) is 71.8 cm³/mol. The Kier molecular flexibility index (Phi) is 4.86. The molecule has 1 aromatic carbocycles. The zero-order chi connectivity index (χ0) is 15.5. The van der Waals surface area contributed by atoms with Crippen LogP contribution < -0.4 is 5.73 Å². The Balaban J connectivity index is 2.20. The fourth-order valence-electron chi connectivity index (χ4n) is 2.15. The van der Waals surface area contributed by atoms with Gasteiger partial charge in [0.25, 0.3) is 0 Å². The van der Waals surface area contributed by atoms with E-state index in [1.54, 1.807) is 0 Å². The van der Waals surface area contributed by atoms with Crippen LogP contribution in [0.1, 0.15) is 24.0 Å². The quantitative estimate of drug-likeness (QED) is 0.684. The van der Waals surface area contributed by atoms with Gasteiger partial charge in [0.1, 0.15) is 5.82 Å².